The summed E-state index contributed by atoms with van der Waals surface area (Å²) in [7, 11) is 0. The molecule has 0 radical (unpaired) electrons. The van der Waals surface area contributed by atoms with E-state index in [0.29, 0.717) is 10.6 Å². The van der Waals surface area contributed by atoms with Crippen molar-refractivity contribution in [3.63, 3.8) is 0 Å². The second-order valence-corrected chi connectivity index (χ2v) is 6.51. The molecule has 3 rings (SSSR count). The van der Waals surface area contributed by atoms with E-state index in [1.807, 2.05) is 25.1 Å². The maximum atomic E-state index is 12.6. The van der Waals surface area contributed by atoms with Gasteiger partial charge in [0.25, 0.3) is 5.91 Å². The molecule has 2 N–H and O–H groups in total. The lowest BCUT2D eigenvalue weighted by molar-refractivity contribution is 0.0838. The first-order valence-electron chi connectivity index (χ1n) is 7.79. The molecule has 1 aromatic heterocycles. The molecule has 6 heteroatoms. The number of carbonyl (C=O) groups is 1. The predicted octanol–water partition coefficient (Wildman–Crippen LogP) is 2.87. The minimum atomic E-state index is -0.490. The summed E-state index contributed by atoms with van der Waals surface area (Å²) in [5.41, 5.74) is 1.48. The molecule has 122 valence electrons. The third-order valence-corrected chi connectivity index (χ3v) is 4.90. The smallest absolute Gasteiger partial charge is 0.255 e. The molecule has 0 saturated heterocycles. The lowest BCUT2D eigenvalue weighted by atomic mass is 9.98. The van der Waals surface area contributed by atoms with Crippen LogP contribution in [-0.4, -0.2) is 32.9 Å². The second kappa shape index (κ2) is 6.34. The molecule has 0 bridgehead atoms. The van der Waals surface area contributed by atoms with Crippen molar-refractivity contribution in [3.05, 3.63) is 46.7 Å². The van der Waals surface area contributed by atoms with Gasteiger partial charge in [0.2, 0.25) is 0 Å². The Morgan fingerprint density at radius 2 is 2.09 bits per heavy atom. The van der Waals surface area contributed by atoms with Crippen LogP contribution in [0.5, 0.6) is 0 Å². The average Bonchev–Trinajstić information content (AvgIpc) is 3.15. The van der Waals surface area contributed by atoms with Crippen molar-refractivity contribution in [2.24, 2.45) is 0 Å². The zero-order chi connectivity index (χ0) is 16.4. The molecular formula is C17H20ClN3O2. The molecule has 1 heterocycles. The Labute approximate surface area is 140 Å². The molecule has 1 aliphatic carbocycles. The minimum absolute atomic E-state index is 0.0313. The van der Waals surface area contributed by atoms with Crippen LogP contribution in [0.15, 0.2) is 30.5 Å². The normalized spacial score (nSPS) is 16.5. The van der Waals surface area contributed by atoms with Gasteiger partial charge in [0.1, 0.15) is 0 Å². The van der Waals surface area contributed by atoms with Crippen molar-refractivity contribution < 1.29 is 9.90 Å². The highest BCUT2D eigenvalue weighted by molar-refractivity contribution is 6.32. The summed E-state index contributed by atoms with van der Waals surface area (Å²) in [6.45, 7) is 1.81. The van der Waals surface area contributed by atoms with E-state index in [-0.39, 0.29) is 12.5 Å². The molecule has 0 atom stereocenters. The standard InChI is InChI=1S/C17H20ClN3O2/c1-12-13(16(23)20-17(11-22)8-4-5-9-17)10-19-21(12)15-7-3-2-6-14(15)18/h2-3,6-7,10,22H,4-5,8-9,11H2,1H3,(H,20,23). The number of halogens is 1. The van der Waals surface area contributed by atoms with Crippen LogP contribution in [0, 0.1) is 6.92 Å². The molecule has 1 fully saturated rings. The Hall–Kier alpha value is -1.85. The summed E-state index contributed by atoms with van der Waals surface area (Å²) >= 11 is 6.21. The Bertz CT molecular complexity index is 720. The first kappa shape index (κ1) is 16.0. The van der Waals surface area contributed by atoms with Crippen LogP contribution >= 0.6 is 11.6 Å². The fourth-order valence-corrected chi connectivity index (χ4v) is 3.40. The van der Waals surface area contributed by atoms with E-state index in [9.17, 15) is 9.90 Å². The van der Waals surface area contributed by atoms with E-state index in [0.717, 1.165) is 37.1 Å². The summed E-state index contributed by atoms with van der Waals surface area (Å²) in [4.78, 5) is 12.6. The third kappa shape index (κ3) is 2.99. The highest BCUT2D eigenvalue weighted by Gasteiger charge is 2.35. The monoisotopic (exact) mass is 333 g/mol. The molecule has 1 amide bonds. The molecule has 23 heavy (non-hydrogen) atoms. The van der Waals surface area contributed by atoms with E-state index in [1.54, 1.807) is 16.9 Å². The van der Waals surface area contributed by atoms with E-state index in [2.05, 4.69) is 10.4 Å². The highest BCUT2D eigenvalue weighted by atomic mass is 35.5. The Balaban J connectivity index is 1.87. The van der Waals surface area contributed by atoms with Crippen molar-refractivity contribution >= 4 is 17.5 Å². The fraction of sp³-hybridized carbons (Fsp3) is 0.412. The molecule has 2 aromatic rings. The number of carbonyl (C=O) groups excluding carboxylic acids is 1. The minimum Gasteiger partial charge on any atom is -0.394 e. The maximum absolute atomic E-state index is 12.6. The van der Waals surface area contributed by atoms with Crippen molar-refractivity contribution in [2.75, 3.05) is 6.61 Å². The summed E-state index contributed by atoms with van der Waals surface area (Å²) in [5.74, 6) is -0.197. The number of amides is 1. The highest BCUT2D eigenvalue weighted by Crippen LogP contribution is 2.30. The quantitative estimate of drug-likeness (QED) is 0.904. The number of nitrogens with zero attached hydrogens (tertiary/aromatic N) is 2. The number of aromatic nitrogens is 2. The molecule has 1 aliphatic rings. The van der Waals surface area contributed by atoms with Crippen molar-refractivity contribution in [3.8, 4) is 5.69 Å². The van der Waals surface area contributed by atoms with Gasteiger partial charge in [0.15, 0.2) is 0 Å². The van der Waals surface area contributed by atoms with Crippen LogP contribution in [0.3, 0.4) is 0 Å². The van der Waals surface area contributed by atoms with Crippen LogP contribution < -0.4 is 5.32 Å². The van der Waals surface area contributed by atoms with Gasteiger partial charge in [-0.1, -0.05) is 36.6 Å². The summed E-state index contributed by atoms with van der Waals surface area (Å²) in [6.07, 6.45) is 5.23. The van der Waals surface area contributed by atoms with Gasteiger partial charge in [0.05, 0.1) is 40.3 Å². The zero-order valence-corrected chi connectivity index (χ0v) is 13.8. The Kier molecular flexibility index (Phi) is 4.41. The number of aliphatic hydroxyl groups excluding tert-OH is 1. The van der Waals surface area contributed by atoms with Crippen molar-refractivity contribution in [2.45, 2.75) is 38.1 Å². The van der Waals surface area contributed by atoms with E-state index in [4.69, 9.17) is 11.6 Å². The third-order valence-electron chi connectivity index (χ3n) is 4.58. The first-order valence-corrected chi connectivity index (χ1v) is 8.17. The van der Waals surface area contributed by atoms with Gasteiger partial charge in [-0.3, -0.25) is 4.79 Å². The maximum Gasteiger partial charge on any atom is 0.255 e. The Morgan fingerprint density at radius 1 is 1.39 bits per heavy atom. The molecule has 0 spiro atoms. The predicted molar refractivity (Wildman–Crippen MR) is 89.1 cm³/mol. The lowest BCUT2D eigenvalue weighted by Crippen LogP contribution is -2.49. The number of benzene rings is 1. The van der Waals surface area contributed by atoms with E-state index >= 15 is 0 Å². The number of rotatable bonds is 4. The number of aliphatic hydroxyl groups is 1. The van der Waals surface area contributed by atoms with Gasteiger partial charge in [-0.25, -0.2) is 4.68 Å². The van der Waals surface area contributed by atoms with Crippen molar-refractivity contribution in [1.29, 1.82) is 0 Å². The van der Waals surface area contributed by atoms with E-state index in [1.165, 1.54) is 0 Å². The Morgan fingerprint density at radius 3 is 2.74 bits per heavy atom. The summed E-state index contributed by atoms with van der Waals surface area (Å²) < 4.78 is 1.66. The van der Waals surface area contributed by atoms with Gasteiger partial charge in [0, 0.05) is 0 Å². The summed E-state index contributed by atoms with van der Waals surface area (Å²) in [5, 5.41) is 17.5. The number of hydrogen-bond acceptors (Lipinski definition) is 3. The number of para-hydroxylation sites is 1. The van der Waals surface area contributed by atoms with Crippen LogP contribution in [0.25, 0.3) is 5.69 Å². The molecular weight excluding hydrogens is 314 g/mol. The molecule has 5 nitrogen and oxygen atoms in total. The van der Waals surface area contributed by atoms with Crippen molar-refractivity contribution in [1.82, 2.24) is 15.1 Å². The zero-order valence-electron chi connectivity index (χ0n) is 13.1. The van der Waals surface area contributed by atoms with Crippen LogP contribution in [0.4, 0.5) is 0 Å². The molecule has 0 aliphatic heterocycles. The SMILES string of the molecule is Cc1c(C(=O)NC2(CO)CCCC2)cnn1-c1ccccc1Cl. The van der Waals surface area contributed by atoms with Gasteiger partial charge in [-0.05, 0) is 31.9 Å². The summed E-state index contributed by atoms with van der Waals surface area (Å²) in [6, 6.07) is 7.37. The number of nitrogens with one attached hydrogen (secondary N) is 1. The van der Waals surface area contributed by atoms with Crippen LogP contribution in [-0.2, 0) is 0 Å². The van der Waals surface area contributed by atoms with Gasteiger partial charge in [-0.2, -0.15) is 5.10 Å². The van der Waals surface area contributed by atoms with Gasteiger partial charge < -0.3 is 10.4 Å². The van der Waals surface area contributed by atoms with Crippen LogP contribution in [0.1, 0.15) is 41.7 Å². The molecule has 1 aromatic carbocycles. The van der Waals surface area contributed by atoms with Gasteiger partial charge >= 0.3 is 0 Å². The average molecular weight is 334 g/mol. The fourth-order valence-electron chi connectivity index (χ4n) is 3.18. The van der Waals surface area contributed by atoms with E-state index < -0.39 is 5.54 Å². The van der Waals surface area contributed by atoms with Crippen LogP contribution in [0.2, 0.25) is 5.02 Å². The molecule has 0 unspecified atom stereocenters. The first-order chi connectivity index (χ1) is 11.1. The largest absolute Gasteiger partial charge is 0.394 e. The van der Waals surface area contributed by atoms with Gasteiger partial charge in [-0.15, -0.1) is 0 Å². The molecule has 1 saturated carbocycles. The lowest BCUT2D eigenvalue weighted by Gasteiger charge is -2.27. The second-order valence-electron chi connectivity index (χ2n) is 6.11. The number of hydrogen-bond donors (Lipinski definition) is 2. The topological polar surface area (TPSA) is 67.2 Å².